The number of Topliss-reactive ketones (excluding diaryl/α,β-unsaturated/α-hetero) is 1. The molecule has 0 aliphatic heterocycles. The highest BCUT2D eigenvalue weighted by Crippen LogP contribution is 2.23. The van der Waals surface area contributed by atoms with E-state index >= 15 is 0 Å². The Labute approximate surface area is 103 Å². The summed E-state index contributed by atoms with van der Waals surface area (Å²) < 4.78 is 1.92. The number of aryl methyl sites for hydroxylation is 1. The largest absolute Gasteiger partial charge is 0.350 e. The van der Waals surface area contributed by atoms with Crippen LogP contribution in [-0.2, 0) is 7.05 Å². The number of carbonyl (C=O) groups is 1. The molecular formula is C15H19NO. The Morgan fingerprint density at radius 1 is 1.47 bits per heavy atom. The molecule has 1 atom stereocenters. The van der Waals surface area contributed by atoms with Gasteiger partial charge in [-0.2, -0.15) is 0 Å². The van der Waals surface area contributed by atoms with E-state index in [1.807, 2.05) is 43.8 Å². The average Bonchev–Trinajstić information content (AvgIpc) is 2.64. The van der Waals surface area contributed by atoms with Crippen molar-refractivity contribution in [3.8, 4) is 0 Å². The quantitative estimate of drug-likeness (QED) is 0.557. The van der Waals surface area contributed by atoms with Gasteiger partial charge in [-0.1, -0.05) is 31.7 Å². The zero-order valence-corrected chi connectivity index (χ0v) is 10.7. The minimum atomic E-state index is -0.168. The molecule has 0 radical (unpaired) electrons. The van der Waals surface area contributed by atoms with E-state index in [0.717, 1.165) is 16.8 Å². The van der Waals surface area contributed by atoms with Crippen molar-refractivity contribution in [2.24, 2.45) is 13.0 Å². The van der Waals surface area contributed by atoms with Gasteiger partial charge in [0.15, 0.2) is 5.78 Å². The molecule has 1 aromatic rings. The molecule has 17 heavy (non-hydrogen) atoms. The summed E-state index contributed by atoms with van der Waals surface area (Å²) in [5, 5.41) is 0. The van der Waals surface area contributed by atoms with Crippen molar-refractivity contribution in [1.82, 2.24) is 4.57 Å². The van der Waals surface area contributed by atoms with Gasteiger partial charge in [0, 0.05) is 36.0 Å². The number of carbonyl (C=O) groups excluding carboxylic acids is 1. The minimum absolute atomic E-state index is 0.0943. The van der Waals surface area contributed by atoms with Crippen molar-refractivity contribution in [3.05, 3.63) is 48.3 Å². The van der Waals surface area contributed by atoms with Crippen molar-refractivity contribution in [3.63, 3.8) is 0 Å². The Morgan fingerprint density at radius 2 is 2.12 bits per heavy atom. The van der Waals surface area contributed by atoms with E-state index in [1.54, 1.807) is 12.2 Å². The van der Waals surface area contributed by atoms with Crippen LogP contribution < -0.4 is 0 Å². The first-order valence-electron chi connectivity index (χ1n) is 5.68. The van der Waals surface area contributed by atoms with Gasteiger partial charge in [-0.05, 0) is 13.0 Å². The number of hydrogen-bond acceptors (Lipinski definition) is 1. The van der Waals surface area contributed by atoms with Crippen LogP contribution in [0.3, 0.4) is 0 Å². The Bertz CT molecular complexity index is 477. The maximum atomic E-state index is 12.2. The number of hydrogen-bond donors (Lipinski definition) is 0. The molecule has 0 aliphatic carbocycles. The molecule has 1 heterocycles. The monoisotopic (exact) mass is 229 g/mol. The minimum Gasteiger partial charge on any atom is -0.350 e. The average molecular weight is 229 g/mol. The van der Waals surface area contributed by atoms with Crippen molar-refractivity contribution in [2.45, 2.75) is 13.8 Å². The van der Waals surface area contributed by atoms with Crippen LogP contribution in [0.25, 0.3) is 12.2 Å². The summed E-state index contributed by atoms with van der Waals surface area (Å²) in [7, 11) is 1.92. The predicted molar refractivity (Wildman–Crippen MR) is 73.9 cm³/mol. The number of aromatic nitrogens is 1. The molecule has 1 rings (SSSR count). The molecule has 90 valence electrons. The Hall–Kier alpha value is -1.83. The van der Waals surface area contributed by atoms with E-state index in [4.69, 9.17) is 0 Å². The molecule has 0 N–H and O–H groups in total. The molecule has 0 bridgehead atoms. The molecule has 0 amide bonds. The van der Waals surface area contributed by atoms with Crippen LogP contribution in [-0.4, -0.2) is 10.4 Å². The smallest absolute Gasteiger partial charge is 0.171 e. The van der Waals surface area contributed by atoms with Crippen LogP contribution >= 0.6 is 0 Å². The fourth-order valence-corrected chi connectivity index (χ4v) is 1.81. The second-order valence-electron chi connectivity index (χ2n) is 4.05. The topological polar surface area (TPSA) is 22.0 Å². The standard InChI is InChI=1S/C15H19NO/c1-6-9-12-13(15(17)11(4)7-2)10-16(5)14(12)8-3/h6-11H,2-3H2,1,4-5H3/b9-6-. The molecule has 2 heteroatoms. The Balaban J connectivity index is 3.38. The molecule has 0 aliphatic rings. The third-order valence-corrected chi connectivity index (χ3v) is 2.83. The third-order valence-electron chi connectivity index (χ3n) is 2.83. The van der Waals surface area contributed by atoms with E-state index in [0.29, 0.717) is 0 Å². The van der Waals surface area contributed by atoms with E-state index in [1.165, 1.54) is 0 Å². The number of allylic oxidation sites excluding steroid dienone is 2. The van der Waals surface area contributed by atoms with E-state index in [2.05, 4.69) is 13.2 Å². The second-order valence-corrected chi connectivity index (χ2v) is 4.05. The predicted octanol–water partition coefficient (Wildman–Crippen LogP) is 3.71. The lowest BCUT2D eigenvalue weighted by atomic mass is 9.97. The zero-order valence-electron chi connectivity index (χ0n) is 10.7. The first-order chi connectivity index (χ1) is 8.06. The lowest BCUT2D eigenvalue weighted by molar-refractivity contribution is 0.0953. The second kappa shape index (κ2) is 5.48. The molecular weight excluding hydrogens is 210 g/mol. The van der Waals surface area contributed by atoms with Crippen molar-refractivity contribution < 1.29 is 4.79 Å². The number of ketones is 1. The molecule has 0 saturated heterocycles. The fourth-order valence-electron chi connectivity index (χ4n) is 1.81. The lowest BCUT2D eigenvalue weighted by Gasteiger charge is -2.04. The highest BCUT2D eigenvalue weighted by atomic mass is 16.1. The van der Waals surface area contributed by atoms with Gasteiger partial charge in [-0.3, -0.25) is 4.79 Å². The summed E-state index contributed by atoms with van der Waals surface area (Å²) in [5.41, 5.74) is 2.62. The van der Waals surface area contributed by atoms with Crippen LogP contribution in [0.5, 0.6) is 0 Å². The Kier molecular flexibility index (Phi) is 4.27. The summed E-state index contributed by atoms with van der Waals surface area (Å²) in [6.07, 6.45) is 9.17. The van der Waals surface area contributed by atoms with Gasteiger partial charge in [0.2, 0.25) is 0 Å². The molecule has 0 spiro atoms. The van der Waals surface area contributed by atoms with Gasteiger partial charge in [-0.15, -0.1) is 6.58 Å². The van der Waals surface area contributed by atoms with Crippen LogP contribution in [0, 0.1) is 5.92 Å². The molecule has 1 unspecified atom stereocenters. The van der Waals surface area contributed by atoms with Crippen molar-refractivity contribution >= 4 is 17.9 Å². The van der Waals surface area contributed by atoms with Crippen molar-refractivity contribution in [1.29, 1.82) is 0 Å². The number of nitrogens with zero attached hydrogens (tertiary/aromatic N) is 1. The summed E-state index contributed by atoms with van der Waals surface area (Å²) in [5.74, 6) is -0.0733. The Morgan fingerprint density at radius 3 is 2.59 bits per heavy atom. The summed E-state index contributed by atoms with van der Waals surface area (Å²) in [6, 6.07) is 0. The van der Waals surface area contributed by atoms with Crippen LogP contribution in [0.2, 0.25) is 0 Å². The van der Waals surface area contributed by atoms with Gasteiger partial charge < -0.3 is 4.57 Å². The van der Waals surface area contributed by atoms with Gasteiger partial charge in [-0.25, -0.2) is 0 Å². The molecule has 2 nitrogen and oxygen atoms in total. The summed E-state index contributed by atoms with van der Waals surface area (Å²) in [4.78, 5) is 12.2. The highest BCUT2D eigenvalue weighted by Gasteiger charge is 2.19. The maximum absolute atomic E-state index is 12.2. The van der Waals surface area contributed by atoms with E-state index in [-0.39, 0.29) is 11.7 Å². The maximum Gasteiger partial charge on any atom is 0.171 e. The van der Waals surface area contributed by atoms with Gasteiger partial charge in [0.05, 0.1) is 0 Å². The van der Waals surface area contributed by atoms with Crippen LogP contribution in [0.15, 0.2) is 31.5 Å². The normalized spacial score (nSPS) is 12.6. The highest BCUT2D eigenvalue weighted by molar-refractivity contribution is 6.02. The first-order valence-corrected chi connectivity index (χ1v) is 5.68. The molecule has 0 aromatic carbocycles. The van der Waals surface area contributed by atoms with Crippen molar-refractivity contribution in [2.75, 3.05) is 0 Å². The lowest BCUT2D eigenvalue weighted by Crippen LogP contribution is -2.08. The SMILES string of the molecule is C=Cc1c(/C=C\C)c(C(=O)C(C)C=C)cn1C. The molecule has 0 fully saturated rings. The van der Waals surface area contributed by atoms with Gasteiger partial charge >= 0.3 is 0 Å². The zero-order chi connectivity index (χ0) is 13.0. The third kappa shape index (κ3) is 2.47. The fraction of sp³-hybridized carbons (Fsp3) is 0.267. The van der Waals surface area contributed by atoms with Crippen LogP contribution in [0.4, 0.5) is 0 Å². The summed E-state index contributed by atoms with van der Waals surface area (Å²) >= 11 is 0. The molecule has 1 aromatic heterocycles. The van der Waals surface area contributed by atoms with Gasteiger partial charge in [0.1, 0.15) is 0 Å². The van der Waals surface area contributed by atoms with E-state index in [9.17, 15) is 4.79 Å². The summed E-state index contributed by atoms with van der Waals surface area (Å²) in [6.45, 7) is 11.2. The van der Waals surface area contributed by atoms with Gasteiger partial charge in [0.25, 0.3) is 0 Å². The van der Waals surface area contributed by atoms with Crippen LogP contribution in [0.1, 0.15) is 35.5 Å². The van der Waals surface area contributed by atoms with E-state index < -0.39 is 0 Å². The first kappa shape index (κ1) is 13.2. The molecule has 0 saturated carbocycles. The number of rotatable bonds is 5.